The Labute approximate surface area is 117 Å². The first-order valence-corrected chi connectivity index (χ1v) is 7.78. The van der Waals surface area contributed by atoms with Gasteiger partial charge in [0.05, 0.1) is 45.7 Å². The van der Waals surface area contributed by atoms with E-state index in [1.165, 1.54) is 32.1 Å². The third kappa shape index (κ3) is 10.3. The van der Waals surface area contributed by atoms with E-state index in [0.29, 0.717) is 45.7 Å². The highest BCUT2D eigenvalue weighted by Crippen LogP contribution is 2.19. The molecule has 0 saturated heterocycles. The van der Waals surface area contributed by atoms with Crippen molar-refractivity contribution in [3.05, 3.63) is 0 Å². The molecule has 1 saturated carbocycles. The van der Waals surface area contributed by atoms with Gasteiger partial charge in [0, 0.05) is 6.61 Å². The lowest BCUT2D eigenvalue weighted by atomic mass is 9.98. The summed E-state index contributed by atoms with van der Waals surface area (Å²) < 4.78 is 21.9. The first-order valence-electron chi connectivity index (χ1n) is 7.78. The van der Waals surface area contributed by atoms with E-state index in [2.05, 4.69) is 6.92 Å². The van der Waals surface area contributed by atoms with Crippen molar-refractivity contribution in [2.75, 3.05) is 46.2 Å². The molecule has 0 radical (unpaired) electrons. The van der Waals surface area contributed by atoms with E-state index in [4.69, 9.17) is 18.9 Å². The fraction of sp³-hybridized carbons (Fsp3) is 1.00. The van der Waals surface area contributed by atoms with Crippen LogP contribution in [0.4, 0.5) is 0 Å². The van der Waals surface area contributed by atoms with Gasteiger partial charge in [-0.25, -0.2) is 0 Å². The van der Waals surface area contributed by atoms with Gasteiger partial charge < -0.3 is 18.9 Å². The molecule has 0 aromatic rings. The first kappa shape index (κ1) is 16.9. The van der Waals surface area contributed by atoms with Crippen molar-refractivity contribution in [3.63, 3.8) is 0 Å². The summed E-state index contributed by atoms with van der Waals surface area (Å²) in [6, 6.07) is 0. The molecule has 0 aromatic carbocycles. The van der Waals surface area contributed by atoms with E-state index < -0.39 is 0 Å². The molecule has 1 rings (SSSR count). The van der Waals surface area contributed by atoms with Crippen LogP contribution < -0.4 is 0 Å². The third-order valence-corrected chi connectivity index (χ3v) is 3.23. The summed E-state index contributed by atoms with van der Waals surface area (Å²) in [6.45, 7) is 6.92. The fourth-order valence-electron chi connectivity index (χ4n) is 2.19. The average Bonchev–Trinajstić information content (AvgIpc) is 2.46. The topological polar surface area (TPSA) is 36.9 Å². The van der Waals surface area contributed by atoms with E-state index in [0.717, 1.165) is 13.0 Å². The minimum Gasteiger partial charge on any atom is -0.379 e. The minimum absolute atomic E-state index is 0.476. The van der Waals surface area contributed by atoms with E-state index in [1.54, 1.807) is 0 Å². The fourth-order valence-corrected chi connectivity index (χ4v) is 2.19. The third-order valence-electron chi connectivity index (χ3n) is 3.23. The standard InChI is InChI=1S/C15H30O4/c1-2-8-16-9-10-17-11-12-18-13-14-19-15-6-4-3-5-7-15/h15H,2-14H2,1H3. The predicted molar refractivity (Wildman–Crippen MR) is 75.6 cm³/mol. The van der Waals surface area contributed by atoms with Gasteiger partial charge in [0.1, 0.15) is 0 Å². The van der Waals surface area contributed by atoms with Crippen LogP contribution in [-0.2, 0) is 18.9 Å². The summed E-state index contributed by atoms with van der Waals surface area (Å²) in [7, 11) is 0. The van der Waals surface area contributed by atoms with Crippen molar-refractivity contribution in [1.29, 1.82) is 0 Å². The normalized spacial score (nSPS) is 16.9. The molecule has 1 aliphatic carbocycles. The number of ether oxygens (including phenoxy) is 4. The second-order valence-corrected chi connectivity index (χ2v) is 4.97. The van der Waals surface area contributed by atoms with E-state index in [9.17, 15) is 0 Å². The smallest absolute Gasteiger partial charge is 0.0704 e. The second kappa shape index (κ2) is 12.9. The molecule has 0 amide bonds. The zero-order valence-corrected chi connectivity index (χ0v) is 12.4. The number of hydrogen-bond acceptors (Lipinski definition) is 4. The Morgan fingerprint density at radius 1 is 0.684 bits per heavy atom. The molecule has 4 nitrogen and oxygen atoms in total. The van der Waals surface area contributed by atoms with Crippen LogP contribution in [0.5, 0.6) is 0 Å². The Hall–Kier alpha value is -0.160. The quantitative estimate of drug-likeness (QED) is 0.513. The Balaban J connectivity index is 1.71. The first-order chi connectivity index (χ1) is 9.43. The number of rotatable bonds is 12. The van der Waals surface area contributed by atoms with Crippen LogP contribution in [0.3, 0.4) is 0 Å². The highest BCUT2D eigenvalue weighted by atomic mass is 16.6. The van der Waals surface area contributed by atoms with Gasteiger partial charge in [0.15, 0.2) is 0 Å². The van der Waals surface area contributed by atoms with Gasteiger partial charge in [0.25, 0.3) is 0 Å². The van der Waals surface area contributed by atoms with Crippen LogP contribution >= 0.6 is 0 Å². The molecular formula is C15H30O4. The molecule has 1 fully saturated rings. The molecule has 4 heteroatoms. The molecule has 0 N–H and O–H groups in total. The molecule has 114 valence electrons. The van der Waals surface area contributed by atoms with Gasteiger partial charge in [-0.2, -0.15) is 0 Å². The van der Waals surface area contributed by atoms with Crippen LogP contribution in [0.2, 0.25) is 0 Å². The van der Waals surface area contributed by atoms with Gasteiger partial charge in [-0.1, -0.05) is 26.2 Å². The summed E-state index contributed by atoms with van der Waals surface area (Å²) in [4.78, 5) is 0. The van der Waals surface area contributed by atoms with Gasteiger partial charge in [0.2, 0.25) is 0 Å². The van der Waals surface area contributed by atoms with E-state index in [-0.39, 0.29) is 0 Å². The molecule has 0 aromatic heterocycles. The van der Waals surface area contributed by atoms with Crippen LogP contribution in [0.1, 0.15) is 45.4 Å². The van der Waals surface area contributed by atoms with Crippen molar-refractivity contribution < 1.29 is 18.9 Å². The van der Waals surface area contributed by atoms with Crippen LogP contribution in [0, 0.1) is 0 Å². The van der Waals surface area contributed by atoms with E-state index >= 15 is 0 Å². The average molecular weight is 274 g/mol. The maximum atomic E-state index is 5.77. The van der Waals surface area contributed by atoms with E-state index in [1.807, 2.05) is 0 Å². The summed E-state index contributed by atoms with van der Waals surface area (Å²) in [5.41, 5.74) is 0. The van der Waals surface area contributed by atoms with Gasteiger partial charge in [-0.05, 0) is 19.3 Å². The molecule has 0 spiro atoms. The molecule has 1 aliphatic rings. The SMILES string of the molecule is CCCOCCOCCOCCOC1CCCCC1. The largest absolute Gasteiger partial charge is 0.379 e. The lowest BCUT2D eigenvalue weighted by molar-refractivity contribution is -0.0268. The lowest BCUT2D eigenvalue weighted by Crippen LogP contribution is -2.19. The van der Waals surface area contributed by atoms with Crippen molar-refractivity contribution in [3.8, 4) is 0 Å². The van der Waals surface area contributed by atoms with Crippen LogP contribution in [-0.4, -0.2) is 52.4 Å². The molecular weight excluding hydrogens is 244 g/mol. The van der Waals surface area contributed by atoms with Crippen LogP contribution in [0.15, 0.2) is 0 Å². The number of hydrogen-bond donors (Lipinski definition) is 0. The van der Waals surface area contributed by atoms with Crippen molar-refractivity contribution in [1.82, 2.24) is 0 Å². The molecule has 0 atom stereocenters. The molecule has 0 unspecified atom stereocenters. The van der Waals surface area contributed by atoms with Gasteiger partial charge in [-0.15, -0.1) is 0 Å². The van der Waals surface area contributed by atoms with Crippen molar-refractivity contribution >= 4 is 0 Å². The van der Waals surface area contributed by atoms with Gasteiger partial charge in [-0.3, -0.25) is 0 Å². The maximum absolute atomic E-state index is 5.77. The van der Waals surface area contributed by atoms with Gasteiger partial charge >= 0.3 is 0 Å². The predicted octanol–water partition coefficient (Wildman–Crippen LogP) is 2.80. The highest BCUT2D eigenvalue weighted by molar-refractivity contribution is 4.64. The lowest BCUT2D eigenvalue weighted by Gasteiger charge is -2.21. The second-order valence-electron chi connectivity index (χ2n) is 4.97. The summed E-state index contributed by atoms with van der Waals surface area (Å²) in [6.07, 6.45) is 7.99. The zero-order valence-electron chi connectivity index (χ0n) is 12.4. The Morgan fingerprint density at radius 2 is 1.21 bits per heavy atom. The van der Waals surface area contributed by atoms with Crippen molar-refractivity contribution in [2.24, 2.45) is 0 Å². The van der Waals surface area contributed by atoms with Crippen LogP contribution in [0.25, 0.3) is 0 Å². The molecule has 0 heterocycles. The molecule has 0 aliphatic heterocycles. The highest BCUT2D eigenvalue weighted by Gasteiger charge is 2.12. The minimum atomic E-state index is 0.476. The monoisotopic (exact) mass is 274 g/mol. The summed E-state index contributed by atoms with van der Waals surface area (Å²) in [5, 5.41) is 0. The Bertz CT molecular complexity index is 181. The molecule has 0 bridgehead atoms. The Morgan fingerprint density at radius 3 is 1.79 bits per heavy atom. The summed E-state index contributed by atoms with van der Waals surface area (Å²) >= 11 is 0. The van der Waals surface area contributed by atoms with Crippen molar-refractivity contribution in [2.45, 2.75) is 51.6 Å². The maximum Gasteiger partial charge on any atom is 0.0704 e. The Kier molecular flexibility index (Phi) is 11.4. The summed E-state index contributed by atoms with van der Waals surface area (Å²) in [5.74, 6) is 0. The zero-order chi connectivity index (χ0) is 13.6. The molecule has 19 heavy (non-hydrogen) atoms.